The maximum Gasteiger partial charge on any atom is 0.223 e. The molecular formula is C20H31NO3S. The van der Waals surface area contributed by atoms with Gasteiger partial charge in [-0.05, 0) is 28.9 Å². The molecule has 5 heteroatoms. The summed E-state index contributed by atoms with van der Waals surface area (Å²) in [6.45, 7) is 11.0. The SMILES string of the molecule is CC(C)CC(=O)N(Cc1ccc(C(C)(C)C)cc1)[C@@H]1CCS(=O)(=O)C1. The number of benzene rings is 1. The van der Waals surface area contributed by atoms with Gasteiger partial charge < -0.3 is 4.90 Å². The van der Waals surface area contributed by atoms with Crippen molar-refractivity contribution in [2.75, 3.05) is 11.5 Å². The van der Waals surface area contributed by atoms with Crippen LogP contribution in [0.2, 0.25) is 0 Å². The summed E-state index contributed by atoms with van der Waals surface area (Å²) in [7, 11) is -3.01. The maximum absolute atomic E-state index is 12.7. The molecule has 1 fully saturated rings. The van der Waals surface area contributed by atoms with Crippen molar-refractivity contribution in [2.45, 2.75) is 65.5 Å². The Morgan fingerprint density at radius 3 is 2.24 bits per heavy atom. The summed E-state index contributed by atoms with van der Waals surface area (Å²) in [5.74, 6) is 0.594. The average Bonchev–Trinajstić information content (AvgIpc) is 2.83. The second-order valence-corrected chi connectivity index (χ2v) is 10.9. The molecule has 140 valence electrons. The molecule has 0 bridgehead atoms. The fourth-order valence-corrected chi connectivity index (χ4v) is 4.95. The van der Waals surface area contributed by atoms with Gasteiger partial charge in [0.25, 0.3) is 0 Å². The fourth-order valence-electron chi connectivity index (χ4n) is 3.22. The molecule has 2 rings (SSSR count). The number of carbonyl (C=O) groups excluding carboxylic acids is 1. The van der Waals surface area contributed by atoms with Crippen LogP contribution in [0.1, 0.15) is 58.6 Å². The normalized spacial score (nSPS) is 20.0. The first-order valence-corrected chi connectivity index (χ1v) is 10.9. The summed E-state index contributed by atoms with van der Waals surface area (Å²) in [5, 5.41) is 0. The molecule has 1 atom stereocenters. The zero-order valence-corrected chi connectivity index (χ0v) is 16.9. The van der Waals surface area contributed by atoms with E-state index in [9.17, 15) is 13.2 Å². The van der Waals surface area contributed by atoms with E-state index in [1.165, 1.54) is 5.56 Å². The molecule has 1 aliphatic heterocycles. The Hall–Kier alpha value is -1.36. The molecule has 4 nitrogen and oxygen atoms in total. The third-order valence-corrected chi connectivity index (χ3v) is 6.48. The van der Waals surface area contributed by atoms with Gasteiger partial charge in [0.2, 0.25) is 5.91 Å². The standard InChI is InChI=1S/C20H31NO3S/c1-15(2)12-19(22)21(18-10-11-25(23,24)14-18)13-16-6-8-17(9-7-16)20(3,4)5/h6-9,15,18H,10-14H2,1-5H3/t18-/m1/s1. The van der Waals surface area contributed by atoms with Crippen molar-refractivity contribution in [3.63, 3.8) is 0 Å². The van der Waals surface area contributed by atoms with Gasteiger partial charge in [0.1, 0.15) is 0 Å². The molecule has 0 spiro atoms. The van der Waals surface area contributed by atoms with Crippen molar-refractivity contribution < 1.29 is 13.2 Å². The van der Waals surface area contributed by atoms with E-state index in [1.54, 1.807) is 4.90 Å². The molecule has 0 radical (unpaired) electrons. The predicted molar refractivity (Wildman–Crippen MR) is 102 cm³/mol. The molecule has 0 aliphatic carbocycles. The van der Waals surface area contributed by atoms with Crippen LogP contribution in [0.15, 0.2) is 24.3 Å². The number of sulfone groups is 1. The number of amides is 1. The van der Waals surface area contributed by atoms with Crippen LogP contribution in [0, 0.1) is 5.92 Å². The van der Waals surface area contributed by atoms with Crippen LogP contribution in [0.3, 0.4) is 0 Å². The van der Waals surface area contributed by atoms with Crippen LogP contribution < -0.4 is 0 Å². The zero-order chi connectivity index (χ0) is 18.8. The minimum absolute atomic E-state index is 0.0528. The first kappa shape index (κ1) is 20.0. The Labute approximate surface area is 152 Å². The molecule has 1 heterocycles. The summed E-state index contributed by atoms with van der Waals surface area (Å²) in [6.07, 6.45) is 1.00. The highest BCUT2D eigenvalue weighted by Crippen LogP contribution is 2.25. The summed E-state index contributed by atoms with van der Waals surface area (Å²) in [6, 6.07) is 8.12. The van der Waals surface area contributed by atoms with E-state index in [-0.39, 0.29) is 34.8 Å². The van der Waals surface area contributed by atoms with Crippen molar-refractivity contribution in [2.24, 2.45) is 5.92 Å². The van der Waals surface area contributed by atoms with Crippen LogP contribution in [0.25, 0.3) is 0 Å². The molecule has 0 aromatic heterocycles. The summed E-state index contributed by atoms with van der Waals surface area (Å²) >= 11 is 0. The van der Waals surface area contributed by atoms with Gasteiger partial charge in [-0.3, -0.25) is 4.79 Å². The van der Waals surface area contributed by atoms with Crippen LogP contribution in [-0.4, -0.2) is 36.8 Å². The first-order valence-electron chi connectivity index (χ1n) is 9.07. The van der Waals surface area contributed by atoms with Crippen LogP contribution in [0.5, 0.6) is 0 Å². The highest BCUT2D eigenvalue weighted by Gasteiger charge is 2.34. The number of hydrogen-bond donors (Lipinski definition) is 0. The summed E-state index contributed by atoms with van der Waals surface area (Å²) in [5.41, 5.74) is 2.39. The van der Waals surface area contributed by atoms with Crippen molar-refractivity contribution in [3.8, 4) is 0 Å². The van der Waals surface area contributed by atoms with Crippen LogP contribution in [0.4, 0.5) is 0 Å². The van der Waals surface area contributed by atoms with Gasteiger partial charge in [0.05, 0.1) is 11.5 Å². The maximum atomic E-state index is 12.7. The molecule has 1 amide bonds. The van der Waals surface area contributed by atoms with Gasteiger partial charge >= 0.3 is 0 Å². The smallest absolute Gasteiger partial charge is 0.223 e. The molecule has 0 unspecified atom stereocenters. The lowest BCUT2D eigenvalue weighted by Crippen LogP contribution is -2.41. The Morgan fingerprint density at radius 2 is 1.80 bits per heavy atom. The second-order valence-electron chi connectivity index (χ2n) is 8.62. The average molecular weight is 366 g/mol. The highest BCUT2D eigenvalue weighted by molar-refractivity contribution is 7.91. The van der Waals surface area contributed by atoms with E-state index < -0.39 is 9.84 Å². The van der Waals surface area contributed by atoms with Crippen LogP contribution >= 0.6 is 0 Å². The minimum atomic E-state index is -3.01. The van der Waals surface area contributed by atoms with E-state index in [2.05, 4.69) is 45.0 Å². The molecule has 1 saturated heterocycles. The Bertz CT molecular complexity index is 699. The summed E-state index contributed by atoms with van der Waals surface area (Å²) in [4.78, 5) is 14.5. The molecule has 1 aromatic carbocycles. The number of rotatable bonds is 5. The lowest BCUT2D eigenvalue weighted by atomic mass is 9.86. The van der Waals surface area contributed by atoms with Crippen LogP contribution in [-0.2, 0) is 26.6 Å². The van der Waals surface area contributed by atoms with Crippen molar-refractivity contribution in [3.05, 3.63) is 35.4 Å². The van der Waals surface area contributed by atoms with Crippen molar-refractivity contribution in [1.29, 1.82) is 0 Å². The second kappa shape index (κ2) is 7.48. The lowest BCUT2D eigenvalue weighted by molar-refractivity contribution is -0.134. The van der Waals surface area contributed by atoms with Gasteiger partial charge in [-0.25, -0.2) is 8.42 Å². The monoisotopic (exact) mass is 365 g/mol. The van der Waals surface area contributed by atoms with Gasteiger partial charge in [0.15, 0.2) is 9.84 Å². The van der Waals surface area contributed by atoms with E-state index in [0.29, 0.717) is 19.4 Å². The molecule has 1 aliphatic rings. The minimum Gasteiger partial charge on any atom is -0.334 e. The van der Waals surface area contributed by atoms with Gasteiger partial charge in [-0.2, -0.15) is 0 Å². The predicted octanol–water partition coefficient (Wildman–Crippen LogP) is 3.55. The summed E-state index contributed by atoms with van der Waals surface area (Å²) < 4.78 is 23.7. The zero-order valence-electron chi connectivity index (χ0n) is 16.1. The highest BCUT2D eigenvalue weighted by atomic mass is 32.2. The van der Waals surface area contributed by atoms with E-state index >= 15 is 0 Å². The third kappa shape index (κ3) is 5.56. The van der Waals surface area contributed by atoms with E-state index in [0.717, 1.165) is 5.56 Å². The van der Waals surface area contributed by atoms with Crippen molar-refractivity contribution >= 4 is 15.7 Å². The Kier molecular flexibility index (Phi) is 5.97. The topological polar surface area (TPSA) is 54.5 Å². The largest absolute Gasteiger partial charge is 0.334 e. The first-order chi connectivity index (χ1) is 11.5. The van der Waals surface area contributed by atoms with Gasteiger partial charge in [-0.15, -0.1) is 0 Å². The third-order valence-electron chi connectivity index (χ3n) is 4.73. The molecular weight excluding hydrogens is 334 g/mol. The molecule has 25 heavy (non-hydrogen) atoms. The molecule has 1 aromatic rings. The van der Waals surface area contributed by atoms with E-state index in [4.69, 9.17) is 0 Å². The van der Waals surface area contributed by atoms with Gasteiger partial charge in [0, 0.05) is 19.0 Å². The quantitative estimate of drug-likeness (QED) is 0.802. The Morgan fingerprint density at radius 1 is 1.20 bits per heavy atom. The molecule has 0 saturated carbocycles. The van der Waals surface area contributed by atoms with Crippen molar-refractivity contribution in [1.82, 2.24) is 4.90 Å². The Balaban J connectivity index is 2.19. The number of hydrogen-bond acceptors (Lipinski definition) is 3. The number of nitrogens with zero attached hydrogens (tertiary/aromatic N) is 1. The van der Waals surface area contributed by atoms with Gasteiger partial charge in [-0.1, -0.05) is 58.9 Å². The molecule has 0 N–H and O–H groups in total. The fraction of sp³-hybridized carbons (Fsp3) is 0.650. The van der Waals surface area contributed by atoms with E-state index in [1.807, 2.05) is 13.8 Å². The number of carbonyl (C=O) groups is 1. The lowest BCUT2D eigenvalue weighted by Gasteiger charge is -2.29.